The second kappa shape index (κ2) is 5.67. The Hall–Kier alpha value is -0.830. The first-order valence-electron chi connectivity index (χ1n) is 6.99. The molecule has 0 bridgehead atoms. The fraction of sp³-hybridized carbons (Fsp3) is 0.786. The van der Waals surface area contributed by atoms with E-state index < -0.39 is 0 Å². The Morgan fingerprint density at radius 2 is 2.12 bits per heavy atom. The van der Waals surface area contributed by atoms with Crippen LogP contribution in [0.5, 0.6) is 0 Å². The molecule has 0 atom stereocenters. The summed E-state index contributed by atoms with van der Waals surface area (Å²) in [5, 5.41) is 3.58. The lowest BCUT2D eigenvalue weighted by molar-refractivity contribution is 0.404. The van der Waals surface area contributed by atoms with Crippen LogP contribution in [0, 0.1) is 12.8 Å². The van der Waals surface area contributed by atoms with Gasteiger partial charge in [0.05, 0.1) is 5.69 Å². The van der Waals surface area contributed by atoms with Crippen LogP contribution in [0.1, 0.15) is 51.0 Å². The second-order valence-electron chi connectivity index (χ2n) is 5.25. The first-order chi connectivity index (χ1) is 8.24. The van der Waals surface area contributed by atoms with Gasteiger partial charge in [-0.15, -0.1) is 0 Å². The molecule has 1 saturated carbocycles. The molecule has 1 aliphatic rings. The summed E-state index contributed by atoms with van der Waals surface area (Å²) in [6.45, 7) is 8.78. The molecule has 3 heteroatoms. The zero-order valence-electron chi connectivity index (χ0n) is 11.4. The van der Waals surface area contributed by atoms with Crippen molar-refractivity contribution in [2.75, 3.05) is 0 Å². The maximum atomic E-state index is 4.46. The smallest absolute Gasteiger partial charge is 0.105 e. The number of nitrogens with one attached hydrogen (secondary N) is 1. The van der Waals surface area contributed by atoms with Crippen molar-refractivity contribution in [2.24, 2.45) is 5.92 Å². The van der Waals surface area contributed by atoms with E-state index in [9.17, 15) is 0 Å². The molecule has 0 amide bonds. The second-order valence-corrected chi connectivity index (χ2v) is 5.25. The lowest BCUT2D eigenvalue weighted by atomic mass is 10.0. The molecule has 1 aromatic heterocycles. The standard InChI is InChI=1S/C14H25N3/c1-4-12(5-2)10-17-11(3)15-8-14(17)9-16-13-6-7-13/h8,12-13,16H,4-7,9-10H2,1-3H3. The normalized spacial score (nSPS) is 15.8. The van der Waals surface area contributed by atoms with E-state index >= 15 is 0 Å². The molecule has 3 nitrogen and oxygen atoms in total. The molecule has 1 heterocycles. The zero-order valence-corrected chi connectivity index (χ0v) is 11.4. The fourth-order valence-corrected chi connectivity index (χ4v) is 2.25. The molecule has 0 aromatic carbocycles. The molecule has 0 spiro atoms. The number of aryl methyl sites for hydroxylation is 1. The van der Waals surface area contributed by atoms with E-state index in [1.165, 1.54) is 31.4 Å². The summed E-state index contributed by atoms with van der Waals surface area (Å²) < 4.78 is 2.40. The van der Waals surface area contributed by atoms with E-state index in [0.29, 0.717) is 0 Å². The van der Waals surface area contributed by atoms with Crippen LogP contribution in [0.25, 0.3) is 0 Å². The van der Waals surface area contributed by atoms with Gasteiger partial charge >= 0.3 is 0 Å². The summed E-state index contributed by atoms with van der Waals surface area (Å²) in [7, 11) is 0. The number of aromatic nitrogens is 2. The van der Waals surface area contributed by atoms with Crippen molar-refractivity contribution < 1.29 is 0 Å². The molecule has 0 saturated heterocycles. The average molecular weight is 235 g/mol. The largest absolute Gasteiger partial charge is 0.331 e. The van der Waals surface area contributed by atoms with Crippen LogP contribution in [0.2, 0.25) is 0 Å². The number of hydrogen-bond donors (Lipinski definition) is 1. The monoisotopic (exact) mass is 235 g/mol. The SMILES string of the molecule is CCC(CC)Cn1c(CNC2CC2)cnc1C. The molecule has 2 rings (SSSR count). The summed E-state index contributed by atoms with van der Waals surface area (Å²) in [5.41, 5.74) is 1.35. The molecule has 1 aliphatic carbocycles. The third-order valence-electron chi connectivity index (χ3n) is 3.88. The summed E-state index contributed by atoms with van der Waals surface area (Å²) >= 11 is 0. The summed E-state index contributed by atoms with van der Waals surface area (Å²) in [4.78, 5) is 4.46. The Morgan fingerprint density at radius 3 is 2.71 bits per heavy atom. The topological polar surface area (TPSA) is 29.9 Å². The van der Waals surface area contributed by atoms with Gasteiger partial charge < -0.3 is 9.88 Å². The van der Waals surface area contributed by atoms with Gasteiger partial charge in [-0.05, 0) is 25.7 Å². The minimum Gasteiger partial charge on any atom is -0.331 e. The van der Waals surface area contributed by atoms with Crippen LogP contribution in [-0.2, 0) is 13.1 Å². The number of imidazole rings is 1. The van der Waals surface area contributed by atoms with Crippen molar-refractivity contribution in [2.45, 2.75) is 65.6 Å². The molecule has 1 aromatic rings. The van der Waals surface area contributed by atoms with E-state index in [1.807, 2.05) is 6.20 Å². The molecule has 1 N–H and O–H groups in total. The number of hydrogen-bond acceptors (Lipinski definition) is 2. The van der Waals surface area contributed by atoms with Gasteiger partial charge in [0, 0.05) is 25.3 Å². The molecule has 0 radical (unpaired) electrons. The summed E-state index contributed by atoms with van der Waals surface area (Å²) in [6, 6.07) is 0.770. The van der Waals surface area contributed by atoms with Crippen molar-refractivity contribution in [3.05, 3.63) is 17.7 Å². The van der Waals surface area contributed by atoms with Gasteiger partial charge in [-0.2, -0.15) is 0 Å². The van der Waals surface area contributed by atoms with Crippen LogP contribution in [0.3, 0.4) is 0 Å². The molecular weight excluding hydrogens is 210 g/mol. The van der Waals surface area contributed by atoms with E-state index in [-0.39, 0.29) is 0 Å². The third kappa shape index (κ3) is 3.32. The number of nitrogens with zero attached hydrogens (tertiary/aromatic N) is 2. The Morgan fingerprint density at radius 1 is 1.41 bits per heavy atom. The first-order valence-corrected chi connectivity index (χ1v) is 6.99. The Balaban J connectivity index is 1.99. The molecule has 1 fully saturated rings. The van der Waals surface area contributed by atoms with Crippen LogP contribution in [0.15, 0.2) is 6.20 Å². The van der Waals surface area contributed by atoms with Crippen LogP contribution in [-0.4, -0.2) is 15.6 Å². The fourth-order valence-electron chi connectivity index (χ4n) is 2.25. The molecule has 0 aliphatic heterocycles. The van der Waals surface area contributed by atoms with Gasteiger partial charge in [0.1, 0.15) is 5.82 Å². The van der Waals surface area contributed by atoms with Crippen molar-refractivity contribution >= 4 is 0 Å². The quantitative estimate of drug-likeness (QED) is 0.787. The van der Waals surface area contributed by atoms with Crippen LogP contribution >= 0.6 is 0 Å². The minimum absolute atomic E-state index is 0.770. The molecular formula is C14H25N3. The van der Waals surface area contributed by atoms with E-state index in [4.69, 9.17) is 0 Å². The third-order valence-corrected chi connectivity index (χ3v) is 3.88. The van der Waals surface area contributed by atoms with Gasteiger partial charge in [0.2, 0.25) is 0 Å². The van der Waals surface area contributed by atoms with Crippen LogP contribution < -0.4 is 5.32 Å². The molecule has 96 valence electrons. The number of rotatable bonds is 7. The average Bonchev–Trinajstić information content (AvgIpc) is 3.10. The molecule has 17 heavy (non-hydrogen) atoms. The predicted octanol–water partition coefficient (Wildman–Crippen LogP) is 2.88. The minimum atomic E-state index is 0.770. The lowest BCUT2D eigenvalue weighted by Crippen LogP contribution is -2.20. The van der Waals surface area contributed by atoms with Gasteiger partial charge in [0.25, 0.3) is 0 Å². The van der Waals surface area contributed by atoms with Crippen molar-refractivity contribution in [1.29, 1.82) is 0 Å². The summed E-state index contributed by atoms with van der Waals surface area (Å²) in [5.74, 6) is 1.94. The summed E-state index contributed by atoms with van der Waals surface area (Å²) in [6.07, 6.45) is 7.24. The van der Waals surface area contributed by atoms with E-state index in [2.05, 4.69) is 35.6 Å². The lowest BCUT2D eigenvalue weighted by Gasteiger charge is -2.17. The van der Waals surface area contributed by atoms with E-state index in [0.717, 1.165) is 30.9 Å². The van der Waals surface area contributed by atoms with Crippen LogP contribution in [0.4, 0.5) is 0 Å². The van der Waals surface area contributed by atoms with Gasteiger partial charge in [-0.25, -0.2) is 4.98 Å². The first kappa shape index (κ1) is 12.6. The zero-order chi connectivity index (χ0) is 12.3. The van der Waals surface area contributed by atoms with Crippen molar-refractivity contribution in [1.82, 2.24) is 14.9 Å². The Labute approximate surface area is 105 Å². The van der Waals surface area contributed by atoms with Gasteiger partial charge in [-0.1, -0.05) is 26.7 Å². The highest BCUT2D eigenvalue weighted by Gasteiger charge is 2.21. The van der Waals surface area contributed by atoms with E-state index in [1.54, 1.807) is 0 Å². The molecule has 0 unspecified atom stereocenters. The Bertz CT molecular complexity index is 348. The van der Waals surface area contributed by atoms with Gasteiger partial charge in [-0.3, -0.25) is 0 Å². The maximum absolute atomic E-state index is 4.46. The highest BCUT2D eigenvalue weighted by atomic mass is 15.1. The van der Waals surface area contributed by atoms with Gasteiger partial charge in [0.15, 0.2) is 0 Å². The maximum Gasteiger partial charge on any atom is 0.105 e. The van der Waals surface area contributed by atoms with Crippen molar-refractivity contribution in [3.8, 4) is 0 Å². The van der Waals surface area contributed by atoms with Crippen molar-refractivity contribution in [3.63, 3.8) is 0 Å². The predicted molar refractivity (Wildman–Crippen MR) is 70.9 cm³/mol. The highest BCUT2D eigenvalue weighted by molar-refractivity contribution is 5.05. The Kier molecular flexibility index (Phi) is 4.21. The highest BCUT2D eigenvalue weighted by Crippen LogP contribution is 2.20.